The zero-order chi connectivity index (χ0) is 12.4. The van der Waals surface area contributed by atoms with E-state index >= 15 is 0 Å². The van der Waals surface area contributed by atoms with E-state index in [1.54, 1.807) is 0 Å². The molecule has 16 heavy (non-hydrogen) atoms. The Labute approximate surface area is 106 Å². The van der Waals surface area contributed by atoms with Crippen molar-refractivity contribution in [3.05, 3.63) is 30.3 Å². The van der Waals surface area contributed by atoms with Crippen LogP contribution in [-0.4, -0.2) is 18.5 Å². The normalized spacial score (nSPS) is 14.6. The third kappa shape index (κ3) is 3.56. The van der Waals surface area contributed by atoms with Crippen LogP contribution in [0.4, 0.5) is 0 Å². The minimum absolute atomic E-state index is 0.241. The molecule has 1 aromatic rings. The van der Waals surface area contributed by atoms with Crippen LogP contribution in [0.1, 0.15) is 13.8 Å². The highest BCUT2D eigenvalue weighted by Crippen LogP contribution is 2.29. The first-order valence-electron chi connectivity index (χ1n) is 5.57. The lowest BCUT2D eigenvalue weighted by atomic mass is 10.2. The average molecular weight is 253 g/mol. The van der Waals surface area contributed by atoms with Gasteiger partial charge in [0.2, 0.25) is 0 Å². The van der Waals surface area contributed by atoms with Crippen molar-refractivity contribution in [3.8, 4) is 5.75 Å². The van der Waals surface area contributed by atoms with Crippen molar-refractivity contribution < 1.29 is 4.74 Å². The lowest BCUT2D eigenvalue weighted by Gasteiger charge is -2.38. The molecular weight excluding hydrogens is 232 g/mol. The Bertz CT molecular complexity index is 330. The van der Waals surface area contributed by atoms with E-state index in [-0.39, 0.29) is 5.60 Å². The van der Waals surface area contributed by atoms with Gasteiger partial charge in [-0.25, -0.2) is 0 Å². The Morgan fingerprint density at radius 2 is 1.75 bits per heavy atom. The Hall–Kier alpha value is -0.413. The molecule has 0 aliphatic rings. The molecule has 1 rings (SSSR count). The van der Waals surface area contributed by atoms with Crippen molar-refractivity contribution in [1.29, 1.82) is 0 Å². The zero-order valence-corrected chi connectivity index (χ0v) is 12.6. The Balaban J connectivity index is 2.80. The number of benzene rings is 1. The first-order valence-corrected chi connectivity index (χ1v) is 9.66. The molecule has 0 amide bonds. The molecule has 3 heteroatoms. The van der Waals surface area contributed by atoms with Gasteiger partial charge in [0.1, 0.15) is 11.4 Å². The second-order valence-corrected chi connectivity index (χ2v) is 12.0. The molecule has 1 nitrogen and oxygen atoms in total. The summed E-state index contributed by atoms with van der Waals surface area (Å²) >= 11 is 4.75. The summed E-state index contributed by atoms with van der Waals surface area (Å²) < 4.78 is 6.03. The van der Waals surface area contributed by atoms with Gasteiger partial charge in [0.25, 0.3) is 0 Å². The van der Waals surface area contributed by atoms with Gasteiger partial charge in [-0.3, -0.25) is 0 Å². The van der Waals surface area contributed by atoms with E-state index in [2.05, 4.69) is 39.6 Å². The van der Waals surface area contributed by atoms with Crippen LogP contribution in [0, 0.1) is 6.07 Å². The van der Waals surface area contributed by atoms with Crippen molar-refractivity contribution in [2.45, 2.75) is 44.0 Å². The molecule has 0 aliphatic carbocycles. The molecule has 0 aliphatic heterocycles. The van der Waals surface area contributed by atoms with Crippen molar-refractivity contribution >= 4 is 20.7 Å². The van der Waals surface area contributed by atoms with Crippen molar-refractivity contribution in [2.75, 3.05) is 0 Å². The van der Waals surface area contributed by atoms with Crippen molar-refractivity contribution in [2.24, 2.45) is 0 Å². The number of rotatable bonds is 4. The molecule has 0 saturated heterocycles. The third-order valence-corrected chi connectivity index (χ3v) is 7.83. The third-order valence-electron chi connectivity index (χ3n) is 2.55. The maximum Gasteiger partial charge on any atom is 0.120 e. The lowest BCUT2D eigenvalue weighted by Crippen LogP contribution is -2.51. The SMILES string of the molecule is CC(C)(Oc1cc[c]cc1)C(S)[Si](C)(C)C. The average Bonchev–Trinajstić information content (AvgIpc) is 2.16. The van der Waals surface area contributed by atoms with Crippen LogP contribution in [0.25, 0.3) is 0 Å². The minimum Gasteiger partial charge on any atom is -0.487 e. The molecule has 1 atom stereocenters. The van der Waals surface area contributed by atoms with E-state index in [0.717, 1.165) is 5.75 Å². The predicted octanol–water partition coefficient (Wildman–Crippen LogP) is 3.82. The summed E-state index contributed by atoms with van der Waals surface area (Å²) in [5, 5.41) is 0. The molecule has 89 valence electrons. The zero-order valence-electron chi connectivity index (χ0n) is 10.7. The van der Waals surface area contributed by atoms with Crippen molar-refractivity contribution in [3.63, 3.8) is 0 Å². The molecular formula is C13H21OSSi. The molecule has 1 aromatic carbocycles. The Morgan fingerprint density at radius 3 is 2.19 bits per heavy atom. The lowest BCUT2D eigenvalue weighted by molar-refractivity contribution is 0.124. The molecule has 0 bridgehead atoms. The maximum absolute atomic E-state index is 6.03. The fourth-order valence-corrected chi connectivity index (χ4v) is 4.04. The highest BCUT2D eigenvalue weighted by molar-refractivity contribution is 7.83. The topological polar surface area (TPSA) is 9.23 Å². The molecule has 1 radical (unpaired) electrons. The van der Waals surface area contributed by atoms with E-state index in [9.17, 15) is 0 Å². The van der Waals surface area contributed by atoms with Gasteiger partial charge in [-0.1, -0.05) is 31.8 Å². The Kier molecular flexibility index (Phi) is 4.13. The summed E-state index contributed by atoms with van der Waals surface area (Å²) in [4.78, 5) is 0.296. The van der Waals surface area contributed by atoms with Gasteiger partial charge in [0, 0.05) is 4.87 Å². The minimum atomic E-state index is -1.32. The molecule has 0 heterocycles. The van der Waals surface area contributed by atoms with Gasteiger partial charge >= 0.3 is 0 Å². The number of thiol groups is 1. The van der Waals surface area contributed by atoms with Crippen LogP contribution in [0.5, 0.6) is 5.75 Å². The van der Waals surface area contributed by atoms with Crippen LogP contribution in [-0.2, 0) is 0 Å². The molecule has 0 N–H and O–H groups in total. The second kappa shape index (κ2) is 4.84. The molecule has 0 aromatic heterocycles. The molecule has 1 unspecified atom stereocenters. The highest BCUT2D eigenvalue weighted by atomic mass is 32.1. The highest BCUT2D eigenvalue weighted by Gasteiger charge is 2.38. The van der Waals surface area contributed by atoms with Gasteiger partial charge in [-0.15, -0.1) is 0 Å². The van der Waals surface area contributed by atoms with Crippen LogP contribution >= 0.6 is 12.6 Å². The monoisotopic (exact) mass is 253 g/mol. The number of hydrogen-bond donors (Lipinski definition) is 1. The van der Waals surface area contributed by atoms with E-state index < -0.39 is 8.07 Å². The summed E-state index contributed by atoms with van der Waals surface area (Å²) in [6, 6.07) is 10.6. The maximum atomic E-state index is 6.03. The molecule has 0 spiro atoms. The van der Waals surface area contributed by atoms with Gasteiger partial charge in [-0.05, 0) is 32.0 Å². The van der Waals surface area contributed by atoms with Gasteiger partial charge in [-0.2, -0.15) is 12.6 Å². The summed E-state index contributed by atoms with van der Waals surface area (Å²) in [5.74, 6) is 0.890. The first kappa shape index (κ1) is 13.7. The van der Waals surface area contributed by atoms with Gasteiger partial charge in [0.15, 0.2) is 0 Å². The largest absolute Gasteiger partial charge is 0.487 e. The smallest absolute Gasteiger partial charge is 0.120 e. The predicted molar refractivity (Wildman–Crippen MR) is 76.1 cm³/mol. The summed E-state index contributed by atoms with van der Waals surface area (Å²) in [7, 11) is -1.32. The van der Waals surface area contributed by atoms with E-state index in [0.29, 0.717) is 4.87 Å². The fourth-order valence-electron chi connectivity index (χ4n) is 1.84. The van der Waals surface area contributed by atoms with E-state index in [4.69, 9.17) is 17.4 Å². The van der Waals surface area contributed by atoms with Gasteiger partial charge in [0.05, 0.1) is 8.07 Å². The van der Waals surface area contributed by atoms with Crippen LogP contribution in [0.2, 0.25) is 19.6 Å². The quantitative estimate of drug-likeness (QED) is 0.634. The molecule has 0 saturated carbocycles. The van der Waals surface area contributed by atoms with Crippen LogP contribution in [0.3, 0.4) is 0 Å². The van der Waals surface area contributed by atoms with Crippen LogP contribution < -0.4 is 4.74 Å². The fraction of sp³-hybridized carbons (Fsp3) is 0.538. The van der Waals surface area contributed by atoms with Crippen LogP contribution in [0.15, 0.2) is 24.3 Å². The Morgan fingerprint density at radius 1 is 1.25 bits per heavy atom. The van der Waals surface area contributed by atoms with E-state index in [1.165, 1.54) is 0 Å². The molecule has 0 fully saturated rings. The van der Waals surface area contributed by atoms with E-state index in [1.807, 2.05) is 24.3 Å². The van der Waals surface area contributed by atoms with Crippen molar-refractivity contribution in [1.82, 2.24) is 0 Å². The van der Waals surface area contributed by atoms with Gasteiger partial charge < -0.3 is 4.74 Å². The number of ether oxygens (including phenoxy) is 1. The number of hydrogen-bond acceptors (Lipinski definition) is 2. The standard InChI is InChI=1S/C13H21OSSi/c1-13(2,12(15)16(3,4)5)14-11-9-7-6-8-10-11/h7-10,12,15H,1-5H3. The summed E-state index contributed by atoms with van der Waals surface area (Å²) in [5.41, 5.74) is -0.241. The first-order chi connectivity index (χ1) is 7.23. The summed E-state index contributed by atoms with van der Waals surface area (Å²) in [6.45, 7) is 11.2. The summed E-state index contributed by atoms with van der Waals surface area (Å²) in [6.07, 6.45) is 0. The second-order valence-electron chi connectivity index (χ2n) is 5.71.